The first-order valence-corrected chi connectivity index (χ1v) is 7.96. The second-order valence-corrected chi connectivity index (χ2v) is 6.31. The molecule has 2 aliphatic rings. The lowest BCUT2D eigenvalue weighted by Gasteiger charge is -2.26. The van der Waals surface area contributed by atoms with Gasteiger partial charge >= 0.3 is 0 Å². The van der Waals surface area contributed by atoms with Crippen LogP contribution in [0.3, 0.4) is 0 Å². The molecule has 0 radical (unpaired) electrons. The summed E-state index contributed by atoms with van der Waals surface area (Å²) in [5.74, 6) is 0.505. The highest BCUT2D eigenvalue weighted by Gasteiger charge is 2.36. The third-order valence-corrected chi connectivity index (χ3v) is 4.76. The molecule has 0 spiro atoms. The highest BCUT2D eigenvalue weighted by molar-refractivity contribution is 5.79. The Hall–Kier alpha value is -1.49. The van der Waals surface area contributed by atoms with Crippen molar-refractivity contribution >= 4 is 5.91 Å². The van der Waals surface area contributed by atoms with E-state index in [0.717, 1.165) is 31.4 Å². The van der Waals surface area contributed by atoms with Crippen LogP contribution in [0.15, 0.2) is 18.6 Å². The number of hydrogen-bond donors (Lipinski definition) is 1. The van der Waals surface area contributed by atoms with E-state index < -0.39 is 6.10 Å². The van der Waals surface area contributed by atoms with Crippen molar-refractivity contribution in [2.45, 2.75) is 44.6 Å². The summed E-state index contributed by atoms with van der Waals surface area (Å²) < 4.78 is 0. The second kappa shape index (κ2) is 6.52. The third kappa shape index (κ3) is 3.40. The van der Waals surface area contributed by atoms with Crippen LogP contribution in [0.25, 0.3) is 0 Å². The van der Waals surface area contributed by atoms with E-state index in [1.807, 2.05) is 4.90 Å². The SMILES string of the molecule is O=C(C1CCCCC1)N1C[C@@H](Cc2cnccn2)[C@H](O)C1. The molecule has 3 rings (SSSR count). The molecule has 2 heterocycles. The second-order valence-electron chi connectivity index (χ2n) is 6.31. The summed E-state index contributed by atoms with van der Waals surface area (Å²) in [6.45, 7) is 1.12. The number of aromatic nitrogens is 2. The highest BCUT2D eigenvalue weighted by Crippen LogP contribution is 2.28. The molecule has 5 nitrogen and oxygen atoms in total. The largest absolute Gasteiger partial charge is 0.391 e. The van der Waals surface area contributed by atoms with Crippen molar-refractivity contribution in [2.24, 2.45) is 11.8 Å². The minimum absolute atomic E-state index is 0.0780. The van der Waals surface area contributed by atoms with Gasteiger partial charge in [-0.3, -0.25) is 14.8 Å². The van der Waals surface area contributed by atoms with Gasteiger partial charge in [-0.2, -0.15) is 0 Å². The van der Waals surface area contributed by atoms with Crippen molar-refractivity contribution in [1.29, 1.82) is 0 Å². The number of nitrogens with zero attached hydrogens (tertiary/aromatic N) is 3. The Balaban J connectivity index is 1.58. The van der Waals surface area contributed by atoms with Gasteiger partial charge in [-0.1, -0.05) is 19.3 Å². The standard InChI is InChI=1S/C16H23N3O2/c20-15-11-19(16(21)12-4-2-1-3-5-12)10-13(15)8-14-9-17-6-7-18-14/h6-7,9,12-13,15,20H,1-5,8,10-11H2/t13-,15-/m1/s1. The van der Waals surface area contributed by atoms with Gasteiger partial charge in [0.2, 0.25) is 5.91 Å². The lowest BCUT2D eigenvalue weighted by Crippen LogP contribution is -2.36. The van der Waals surface area contributed by atoms with Crippen LogP contribution in [0.2, 0.25) is 0 Å². The van der Waals surface area contributed by atoms with Gasteiger partial charge in [-0.25, -0.2) is 0 Å². The molecular formula is C16H23N3O2. The summed E-state index contributed by atoms with van der Waals surface area (Å²) >= 11 is 0. The first kappa shape index (κ1) is 14.4. The molecule has 1 aromatic heterocycles. The molecule has 1 aliphatic heterocycles. The van der Waals surface area contributed by atoms with Gasteiger partial charge in [0.25, 0.3) is 0 Å². The maximum Gasteiger partial charge on any atom is 0.225 e. The number of aliphatic hydroxyl groups excluding tert-OH is 1. The van der Waals surface area contributed by atoms with Crippen molar-refractivity contribution in [3.8, 4) is 0 Å². The fraction of sp³-hybridized carbons (Fsp3) is 0.688. The lowest BCUT2D eigenvalue weighted by molar-refractivity contribution is -0.135. The molecule has 21 heavy (non-hydrogen) atoms. The molecule has 1 saturated heterocycles. The molecule has 0 unspecified atom stereocenters. The minimum atomic E-state index is -0.445. The molecule has 114 valence electrons. The lowest BCUT2D eigenvalue weighted by atomic mass is 9.88. The van der Waals surface area contributed by atoms with E-state index >= 15 is 0 Å². The van der Waals surface area contributed by atoms with E-state index in [2.05, 4.69) is 9.97 Å². The molecule has 0 bridgehead atoms. The van der Waals surface area contributed by atoms with E-state index in [-0.39, 0.29) is 17.7 Å². The fourth-order valence-corrected chi connectivity index (χ4v) is 3.55. The van der Waals surface area contributed by atoms with Crippen molar-refractivity contribution in [3.05, 3.63) is 24.3 Å². The van der Waals surface area contributed by atoms with Crippen LogP contribution in [-0.2, 0) is 11.2 Å². The summed E-state index contributed by atoms with van der Waals surface area (Å²) in [6, 6.07) is 0. The first-order valence-electron chi connectivity index (χ1n) is 7.96. The summed E-state index contributed by atoms with van der Waals surface area (Å²) in [6.07, 6.45) is 10.9. The van der Waals surface area contributed by atoms with Gasteiger partial charge in [0.15, 0.2) is 0 Å². The molecule has 2 fully saturated rings. The Morgan fingerprint density at radius 3 is 2.76 bits per heavy atom. The van der Waals surface area contributed by atoms with Crippen LogP contribution in [0.5, 0.6) is 0 Å². The van der Waals surface area contributed by atoms with Crippen molar-refractivity contribution in [2.75, 3.05) is 13.1 Å². The molecule has 2 atom stereocenters. The number of rotatable bonds is 3. The number of aliphatic hydroxyl groups is 1. The van der Waals surface area contributed by atoms with Crippen LogP contribution in [0, 0.1) is 11.8 Å². The smallest absolute Gasteiger partial charge is 0.225 e. The monoisotopic (exact) mass is 289 g/mol. The van der Waals surface area contributed by atoms with Crippen LogP contribution < -0.4 is 0 Å². The molecule has 5 heteroatoms. The summed E-state index contributed by atoms with van der Waals surface area (Å²) in [4.78, 5) is 22.7. The molecular weight excluding hydrogens is 266 g/mol. The maximum absolute atomic E-state index is 12.5. The summed E-state index contributed by atoms with van der Waals surface area (Å²) in [5.41, 5.74) is 0.883. The number of likely N-dealkylation sites (tertiary alicyclic amines) is 1. The molecule has 0 aromatic carbocycles. The van der Waals surface area contributed by atoms with Crippen LogP contribution >= 0.6 is 0 Å². The van der Waals surface area contributed by atoms with Crippen molar-refractivity contribution < 1.29 is 9.90 Å². The third-order valence-electron chi connectivity index (χ3n) is 4.76. The zero-order valence-corrected chi connectivity index (χ0v) is 12.3. The highest BCUT2D eigenvalue weighted by atomic mass is 16.3. The Kier molecular flexibility index (Phi) is 4.48. The summed E-state index contributed by atoms with van der Waals surface area (Å²) in [5, 5.41) is 10.2. The topological polar surface area (TPSA) is 66.3 Å². The van der Waals surface area contributed by atoms with E-state index in [1.54, 1.807) is 18.6 Å². The molecule has 1 aliphatic carbocycles. The molecule has 1 aromatic rings. The number of carbonyl (C=O) groups is 1. The van der Waals surface area contributed by atoms with Crippen LogP contribution in [0.4, 0.5) is 0 Å². The van der Waals surface area contributed by atoms with Gasteiger partial charge in [-0.05, 0) is 19.3 Å². The predicted octanol–water partition coefficient (Wildman–Crippen LogP) is 1.42. The zero-order chi connectivity index (χ0) is 14.7. The van der Waals surface area contributed by atoms with Gasteiger partial charge < -0.3 is 10.0 Å². The van der Waals surface area contributed by atoms with E-state index in [1.165, 1.54) is 6.42 Å². The van der Waals surface area contributed by atoms with E-state index in [4.69, 9.17) is 0 Å². The Morgan fingerprint density at radius 1 is 1.24 bits per heavy atom. The average molecular weight is 289 g/mol. The summed E-state index contributed by atoms with van der Waals surface area (Å²) in [7, 11) is 0. The average Bonchev–Trinajstić information content (AvgIpc) is 2.89. The predicted molar refractivity (Wildman–Crippen MR) is 78.4 cm³/mol. The Bertz CT molecular complexity index is 474. The van der Waals surface area contributed by atoms with Crippen molar-refractivity contribution in [1.82, 2.24) is 14.9 Å². The molecule has 1 amide bonds. The van der Waals surface area contributed by atoms with Gasteiger partial charge in [0.05, 0.1) is 11.8 Å². The Labute approximate surface area is 125 Å². The molecule has 1 saturated carbocycles. The van der Waals surface area contributed by atoms with Crippen molar-refractivity contribution in [3.63, 3.8) is 0 Å². The van der Waals surface area contributed by atoms with E-state index in [0.29, 0.717) is 19.5 Å². The minimum Gasteiger partial charge on any atom is -0.391 e. The van der Waals surface area contributed by atoms with E-state index in [9.17, 15) is 9.90 Å². The number of carbonyl (C=O) groups excluding carboxylic acids is 1. The maximum atomic E-state index is 12.5. The number of amides is 1. The Morgan fingerprint density at radius 2 is 2.05 bits per heavy atom. The number of β-amino-alcohol motifs (C(OH)–C–C–N with tert-alkyl or cyclic N) is 1. The zero-order valence-electron chi connectivity index (χ0n) is 12.3. The van der Waals surface area contributed by atoms with Gasteiger partial charge in [0.1, 0.15) is 0 Å². The first-order chi connectivity index (χ1) is 10.2. The van der Waals surface area contributed by atoms with Crippen LogP contribution in [0.1, 0.15) is 37.8 Å². The number of hydrogen-bond acceptors (Lipinski definition) is 4. The quantitative estimate of drug-likeness (QED) is 0.914. The van der Waals surface area contributed by atoms with Gasteiger partial charge in [-0.15, -0.1) is 0 Å². The van der Waals surface area contributed by atoms with Crippen LogP contribution in [-0.4, -0.2) is 45.1 Å². The molecule has 1 N–H and O–H groups in total. The van der Waals surface area contributed by atoms with Gasteiger partial charge in [0, 0.05) is 43.5 Å². The normalized spacial score (nSPS) is 27.0. The fourth-order valence-electron chi connectivity index (χ4n) is 3.55.